The number of hydrogen-bond donors (Lipinski definition) is 0. The summed E-state index contributed by atoms with van der Waals surface area (Å²) in [6.45, 7) is 13.4. The summed E-state index contributed by atoms with van der Waals surface area (Å²) in [4.78, 5) is 11.8. The van der Waals surface area contributed by atoms with Crippen LogP contribution in [0.5, 0.6) is 0 Å². The summed E-state index contributed by atoms with van der Waals surface area (Å²) in [6.07, 6.45) is 5.78. The number of nitrogens with zero attached hydrogens (tertiary/aromatic N) is 1. The van der Waals surface area contributed by atoms with Crippen molar-refractivity contribution in [3.8, 4) is 0 Å². The molecule has 96 valence electrons. The highest BCUT2D eigenvalue weighted by Gasteiger charge is 2.27. The molecule has 1 rings (SSSR count). The van der Waals surface area contributed by atoms with E-state index in [0.29, 0.717) is 6.42 Å². The third-order valence-corrected chi connectivity index (χ3v) is 4.61. The molecule has 0 N–H and O–H groups in total. The van der Waals surface area contributed by atoms with Gasteiger partial charge in [-0.15, -0.1) is 0 Å². The summed E-state index contributed by atoms with van der Waals surface area (Å²) < 4.78 is 1.93. The smallest absolute Gasteiger partial charge is 0.220 e. The van der Waals surface area contributed by atoms with E-state index in [-0.39, 0.29) is 11.9 Å². The van der Waals surface area contributed by atoms with Crippen molar-refractivity contribution in [2.24, 2.45) is 0 Å². The molecule has 0 saturated heterocycles. The lowest BCUT2D eigenvalue weighted by Gasteiger charge is -2.19. The van der Waals surface area contributed by atoms with Gasteiger partial charge in [0.2, 0.25) is 0 Å². The summed E-state index contributed by atoms with van der Waals surface area (Å²) in [6, 6.07) is 1.45. The molecule has 0 unspecified atom stereocenters. The number of rotatable bonds is 5. The molecule has 0 radical (unpaired) electrons. The van der Waals surface area contributed by atoms with Gasteiger partial charge in [-0.05, 0) is 19.4 Å². The lowest BCUT2D eigenvalue weighted by Crippen LogP contribution is -2.33. The minimum atomic E-state index is -1.07. The third-order valence-electron chi connectivity index (χ3n) is 3.05. The van der Waals surface area contributed by atoms with E-state index >= 15 is 0 Å². The SMILES string of the molecule is C=C(C[C@@H](C)[N+]1=CCCCC1=O)C[Si](C)(C)C. The summed E-state index contributed by atoms with van der Waals surface area (Å²) in [5.74, 6) is 0.282. The Labute approximate surface area is 106 Å². The first-order valence-electron chi connectivity index (χ1n) is 6.61. The van der Waals surface area contributed by atoms with E-state index in [1.807, 2.05) is 4.58 Å². The van der Waals surface area contributed by atoms with E-state index in [1.54, 1.807) is 0 Å². The summed E-state index contributed by atoms with van der Waals surface area (Å²) in [5, 5.41) is 0. The van der Waals surface area contributed by atoms with Gasteiger partial charge in [0.15, 0.2) is 6.04 Å². The summed E-state index contributed by atoms with van der Waals surface area (Å²) >= 11 is 0. The molecule has 1 aliphatic heterocycles. The van der Waals surface area contributed by atoms with Crippen LogP contribution in [0.4, 0.5) is 0 Å². The fourth-order valence-corrected chi connectivity index (χ4v) is 4.12. The Morgan fingerprint density at radius 1 is 1.53 bits per heavy atom. The number of carbonyl (C=O) groups is 1. The van der Waals surface area contributed by atoms with Crippen LogP contribution < -0.4 is 0 Å². The monoisotopic (exact) mass is 252 g/mol. The van der Waals surface area contributed by atoms with Crippen LogP contribution in [-0.2, 0) is 4.79 Å². The average Bonchev–Trinajstić information content (AvgIpc) is 2.14. The van der Waals surface area contributed by atoms with Gasteiger partial charge in [0.25, 0.3) is 0 Å². The third kappa shape index (κ3) is 4.98. The highest BCUT2D eigenvalue weighted by molar-refractivity contribution is 6.76. The van der Waals surface area contributed by atoms with Crippen LogP contribution in [-0.4, -0.2) is 30.8 Å². The second-order valence-corrected chi connectivity index (χ2v) is 11.9. The van der Waals surface area contributed by atoms with Crippen LogP contribution in [0.15, 0.2) is 12.2 Å². The van der Waals surface area contributed by atoms with E-state index < -0.39 is 8.07 Å². The molecule has 0 aliphatic carbocycles. The standard InChI is InChI=1S/C14H26NOSi/c1-12(11-17(3,4)5)10-13(2)15-9-7-6-8-14(15)16/h9,13H,1,6-8,10-11H2,2-5H3/q+1/t13-/m1/s1. The Kier molecular flexibility index (Phi) is 4.87. The first kappa shape index (κ1) is 14.4. The predicted octanol–water partition coefficient (Wildman–Crippen LogP) is 3.45. The number of carbonyl (C=O) groups excluding carboxylic acids is 1. The molecule has 0 aromatic carbocycles. The molecule has 3 heteroatoms. The first-order valence-corrected chi connectivity index (χ1v) is 10.3. The van der Waals surface area contributed by atoms with Crippen LogP contribution in [0.25, 0.3) is 0 Å². The molecule has 1 atom stereocenters. The predicted molar refractivity (Wildman–Crippen MR) is 76.6 cm³/mol. The molecule has 0 aromatic heterocycles. The van der Waals surface area contributed by atoms with E-state index in [0.717, 1.165) is 19.3 Å². The molecule has 0 aromatic rings. The summed E-state index contributed by atoms with van der Waals surface area (Å²) in [7, 11) is -1.07. The molecule has 1 amide bonds. The van der Waals surface area contributed by atoms with E-state index in [9.17, 15) is 4.79 Å². The zero-order valence-electron chi connectivity index (χ0n) is 11.8. The fourth-order valence-electron chi connectivity index (χ4n) is 2.48. The number of amides is 1. The maximum atomic E-state index is 11.8. The Balaban J connectivity index is 2.54. The second-order valence-electron chi connectivity index (χ2n) is 6.42. The van der Waals surface area contributed by atoms with Gasteiger partial charge in [-0.2, -0.15) is 4.58 Å². The van der Waals surface area contributed by atoms with E-state index in [1.165, 1.54) is 11.6 Å². The van der Waals surface area contributed by atoms with E-state index in [2.05, 4.69) is 39.4 Å². The highest BCUT2D eigenvalue weighted by Crippen LogP contribution is 2.20. The van der Waals surface area contributed by atoms with Gasteiger partial charge in [0.05, 0.1) is 6.42 Å². The molecule has 0 fully saturated rings. The molecule has 0 bridgehead atoms. The molecule has 0 saturated carbocycles. The van der Waals surface area contributed by atoms with Crippen molar-refractivity contribution in [1.29, 1.82) is 0 Å². The van der Waals surface area contributed by atoms with Gasteiger partial charge < -0.3 is 0 Å². The normalized spacial score (nSPS) is 18.8. The van der Waals surface area contributed by atoms with Crippen LogP contribution in [0.1, 0.15) is 32.6 Å². The van der Waals surface area contributed by atoms with Crippen LogP contribution in [0, 0.1) is 0 Å². The van der Waals surface area contributed by atoms with Crippen molar-refractivity contribution in [1.82, 2.24) is 0 Å². The van der Waals surface area contributed by atoms with E-state index in [4.69, 9.17) is 0 Å². The maximum absolute atomic E-state index is 11.8. The zero-order chi connectivity index (χ0) is 13.1. The Morgan fingerprint density at radius 3 is 2.71 bits per heavy atom. The largest absolute Gasteiger partial charge is 0.386 e. The van der Waals surface area contributed by atoms with Crippen LogP contribution in [0.2, 0.25) is 25.7 Å². The Bertz CT molecular complexity index is 339. The quantitative estimate of drug-likeness (QED) is 0.417. The zero-order valence-corrected chi connectivity index (χ0v) is 12.8. The number of hydrogen-bond acceptors (Lipinski definition) is 1. The lowest BCUT2D eigenvalue weighted by molar-refractivity contribution is -0.483. The molecular weight excluding hydrogens is 226 g/mol. The lowest BCUT2D eigenvalue weighted by atomic mass is 10.1. The van der Waals surface area contributed by atoms with Crippen LogP contribution >= 0.6 is 0 Å². The highest BCUT2D eigenvalue weighted by atomic mass is 28.3. The summed E-state index contributed by atoms with van der Waals surface area (Å²) in [5.41, 5.74) is 1.31. The van der Waals surface area contributed by atoms with Crippen molar-refractivity contribution in [2.45, 2.75) is 64.3 Å². The van der Waals surface area contributed by atoms with Gasteiger partial charge in [0, 0.05) is 20.9 Å². The average molecular weight is 252 g/mol. The van der Waals surface area contributed by atoms with Gasteiger partial charge in [-0.3, -0.25) is 0 Å². The van der Waals surface area contributed by atoms with Crippen LogP contribution in [0.3, 0.4) is 0 Å². The molecule has 17 heavy (non-hydrogen) atoms. The van der Waals surface area contributed by atoms with Gasteiger partial charge in [-0.25, -0.2) is 4.79 Å². The van der Waals surface area contributed by atoms with Crippen molar-refractivity contribution in [3.05, 3.63) is 12.2 Å². The first-order chi connectivity index (χ1) is 7.79. The van der Waals surface area contributed by atoms with Gasteiger partial charge in [-0.1, -0.05) is 31.8 Å². The minimum absolute atomic E-state index is 0.282. The molecule has 1 heterocycles. The molecule has 0 spiro atoms. The van der Waals surface area contributed by atoms with Crippen molar-refractivity contribution in [2.75, 3.05) is 0 Å². The maximum Gasteiger partial charge on any atom is 0.386 e. The second kappa shape index (κ2) is 5.76. The molecule has 1 aliphatic rings. The van der Waals surface area contributed by atoms with Gasteiger partial charge >= 0.3 is 5.91 Å². The Hall–Kier alpha value is -0.703. The van der Waals surface area contributed by atoms with Crippen molar-refractivity contribution >= 4 is 20.2 Å². The topological polar surface area (TPSA) is 20.1 Å². The molecule has 2 nitrogen and oxygen atoms in total. The van der Waals surface area contributed by atoms with Crippen molar-refractivity contribution in [3.63, 3.8) is 0 Å². The Morgan fingerprint density at radius 2 is 2.18 bits per heavy atom. The van der Waals surface area contributed by atoms with Crippen molar-refractivity contribution < 1.29 is 9.37 Å². The fraction of sp³-hybridized carbons (Fsp3) is 0.714. The molecular formula is C14H26NOSi+. The minimum Gasteiger partial charge on any atom is -0.220 e. The van der Waals surface area contributed by atoms with Gasteiger partial charge in [0.1, 0.15) is 6.21 Å².